The van der Waals surface area contributed by atoms with E-state index in [0.717, 1.165) is 5.56 Å². The average molecular weight is 695 g/mol. The molecule has 6 N–H and O–H groups in total. The van der Waals surface area contributed by atoms with E-state index >= 15 is 0 Å². The van der Waals surface area contributed by atoms with Crippen molar-refractivity contribution in [3.8, 4) is 0 Å². The summed E-state index contributed by atoms with van der Waals surface area (Å²) >= 11 is 0. The number of hydrogen-bond acceptors (Lipinski definition) is 11. The number of carbonyl (C=O) groups is 3. The summed E-state index contributed by atoms with van der Waals surface area (Å²) in [5, 5.41) is 53.8. The Morgan fingerprint density at radius 3 is 2.24 bits per heavy atom. The first kappa shape index (κ1) is 40.8. The summed E-state index contributed by atoms with van der Waals surface area (Å²) in [6, 6.07) is 7.48. The standard InChI is InChI=1S/C36H58N2O11/c1-7-20(2)29-35(46)48-27(21(3)13-11-12-14-22(4)47-36-32(43)31(42)30(41)28(19-39)49-36)18-26(40)23(5)33(44)37-25(34(45)38(29)6)17-24-15-9-8-10-16-24/h8-10,15-16,20-23,25-32,36,39-43H,7,11-14,17-19H2,1-6H3,(H,37,44). The lowest BCUT2D eigenvalue weighted by molar-refractivity contribution is -0.310. The molecule has 1 aromatic carbocycles. The molecule has 2 saturated heterocycles. The molecule has 3 rings (SSSR count). The highest BCUT2D eigenvalue weighted by molar-refractivity contribution is 5.91. The summed E-state index contributed by atoms with van der Waals surface area (Å²) in [7, 11) is 1.57. The number of amides is 2. The van der Waals surface area contributed by atoms with Gasteiger partial charge in [0.15, 0.2) is 6.29 Å². The molecule has 13 unspecified atom stereocenters. The minimum atomic E-state index is -1.52. The minimum Gasteiger partial charge on any atom is -0.460 e. The third kappa shape index (κ3) is 10.9. The van der Waals surface area contributed by atoms with Gasteiger partial charge in [0.05, 0.1) is 24.7 Å². The maximum absolute atomic E-state index is 13.9. The van der Waals surface area contributed by atoms with Gasteiger partial charge in [0.1, 0.15) is 42.6 Å². The van der Waals surface area contributed by atoms with Crippen LogP contribution >= 0.6 is 0 Å². The first-order valence-corrected chi connectivity index (χ1v) is 17.6. The van der Waals surface area contributed by atoms with E-state index in [-0.39, 0.29) is 30.8 Å². The lowest BCUT2D eigenvalue weighted by atomic mass is 9.88. The average Bonchev–Trinajstić information content (AvgIpc) is 3.08. The molecule has 0 spiro atoms. The molecule has 1 aromatic rings. The molecular formula is C36H58N2O11. The van der Waals surface area contributed by atoms with Gasteiger partial charge in [0.2, 0.25) is 11.8 Å². The Hall–Kier alpha value is -2.65. The van der Waals surface area contributed by atoms with Crippen LogP contribution in [0.1, 0.15) is 78.7 Å². The third-order valence-corrected chi connectivity index (χ3v) is 10.2. The fourth-order valence-corrected chi connectivity index (χ4v) is 6.52. The molecule has 0 aromatic heterocycles. The highest BCUT2D eigenvalue weighted by atomic mass is 16.7. The first-order chi connectivity index (χ1) is 23.2. The zero-order valence-electron chi connectivity index (χ0n) is 29.7. The van der Waals surface area contributed by atoms with E-state index < -0.39 is 85.3 Å². The summed E-state index contributed by atoms with van der Waals surface area (Å²) in [5.74, 6) is -2.71. The minimum absolute atomic E-state index is 0.0480. The molecule has 0 radical (unpaired) electrons. The van der Waals surface area contributed by atoms with Gasteiger partial charge in [-0.25, -0.2) is 4.79 Å². The number of nitrogens with one attached hydrogen (secondary N) is 1. The van der Waals surface area contributed by atoms with Crippen molar-refractivity contribution in [2.24, 2.45) is 17.8 Å². The van der Waals surface area contributed by atoms with Crippen LogP contribution < -0.4 is 5.32 Å². The van der Waals surface area contributed by atoms with E-state index in [2.05, 4.69) is 5.32 Å². The number of hydrogen-bond donors (Lipinski definition) is 6. The van der Waals surface area contributed by atoms with E-state index in [0.29, 0.717) is 32.1 Å². The van der Waals surface area contributed by atoms with Gasteiger partial charge in [-0.2, -0.15) is 0 Å². The number of aliphatic hydroxyl groups excluding tert-OH is 5. The maximum atomic E-state index is 13.9. The Labute approximate surface area is 289 Å². The van der Waals surface area contributed by atoms with Crippen molar-refractivity contribution in [3.63, 3.8) is 0 Å². The highest BCUT2D eigenvalue weighted by Crippen LogP contribution is 2.28. The molecule has 0 saturated carbocycles. The summed E-state index contributed by atoms with van der Waals surface area (Å²) in [6.45, 7) is 8.60. The van der Waals surface area contributed by atoms with Gasteiger partial charge in [-0.3, -0.25) is 9.59 Å². The molecule has 278 valence electrons. The van der Waals surface area contributed by atoms with E-state index in [1.165, 1.54) is 4.90 Å². The predicted octanol–water partition coefficient (Wildman–Crippen LogP) is 1.30. The van der Waals surface area contributed by atoms with Gasteiger partial charge < -0.3 is 50.0 Å². The molecule has 13 nitrogen and oxygen atoms in total. The second-order valence-electron chi connectivity index (χ2n) is 14.0. The molecule has 0 bridgehead atoms. The normalized spacial score (nSPS) is 33.9. The van der Waals surface area contributed by atoms with Crippen molar-refractivity contribution in [1.82, 2.24) is 10.2 Å². The molecule has 13 atom stereocenters. The number of esters is 1. The zero-order valence-corrected chi connectivity index (χ0v) is 29.7. The molecule has 2 aliphatic heterocycles. The van der Waals surface area contributed by atoms with E-state index in [4.69, 9.17) is 14.2 Å². The van der Waals surface area contributed by atoms with Crippen LogP contribution in [0.4, 0.5) is 0 Å². The number of ether oxygens (including phenoxy) is 3. The van der Waals surface area contributed by atoms with Crippen LogP contribution in [0, 0.1) is 17.8 Å². The van der Waals surface area contributed by atoms with Gasteiger partial charge in [0, 0.05) is 19.9 Å². The summed E-state index contributed by atoms with van der Waals surface area (Å²) in [5.41, 5.74) is 0.848. The van der Waals surface area contributed by atoms with Crippen LogP contribution in [-0.4, -0.2) is 123 Å². The number of nitrogens with zero attached hydrogens (tertiary/aromatic N) is 1. The second-order valence-corrected chi connectivity index (χ2v) is 14.0. The molecule has 2 heterocycles. The van der Waals surface area contributed by atoms with E-state index in [9.17, 15) is 39.9 Å². The van der Waals surface area contributed by atoms with Crippen LogP contribution in [0.15, 0.2) is 30.3 Å². The Morgan fingerprint density at radius 1 is 0.959 bits per heavy atom. The molecule has 2 amide bonds. The van der Waals surface area contributed by atoms with Crippen molar-refractivity contribution < 1.29 is 54.1 Å². The van der Waals surface area contributed by atoms with Crippen LogP contribution in [0.2, 0.25) is 0 Å². The number of benzene rings is 1. The highest BCUT2D eigenvalue weighted by Gasteiger charge is 2.45. The molecule has 49 heavy (non-hydrogen) atoms. The summed E-state index contributed by atoms with van der Waals surface area (Å²) in [6.07, 6.45) is -5.46. The van der Waals surface area contributed by atoms with Gasteiger partial charge in [-0.15, -0.1) is 0 Å². The van der Waals surface area contributed by atoms with Crippen molar-refractivity contribution in [1.29, 1.82) is 0 Å². The van der Waals surface area contributed by atoms with Gasteiger partial charge in [-0.05, 0) is 37.2 Å². The summed E-state index contributed by atoms with van der Waals surface area (Å²) in [4.78, 5) is 42.5. The van der Waals surface area contributed by atoms with Gasteiger partial charge >= 0.3 is 5.97 Å². The van der Waals surface area contributed by atoms with Gasteiger partial charge in [0.25, 0.3) is 0 Å². The Morgan fingerprint density at radius 2 is 1.61 bits per heavy atom. The maximum Gasteiger partial charge on any atom is 0.329 e. The molecular weight excluding hydrogens is 636 g/mol. The van der Waals surface area contributed by atoms with E-state index in [1.54, 1.807) is 20.9 Å². The first-order valence-electron chi connectivity index (χ1n) is 17.6. The molecule has 13 heteroatoms. The quantitative estimate of drug-likeness (QED) is 0.129. The van der Waals surface area contributed by atoms with Crippen LogP contribution in [-0.2, 0) is 35.0 Å². The predicted molar refractivity (Wildman–Crippen MR) is 180 cm³/mol. The van der Waals surface area contributed by atoms with Crippen molar-refractivity contribution in [2.45, 2.75) is 141 Å². The van der Waals surface area contributed by atoms with Crippen molar-refractivity contribution in [2.75, 3.05) is 13.7 Å². The number of likely N-dealkylation sites (N-methyl/N-ethyl adjacent to an activating group) is 1. The van der Waals surface area contributed by atoms with Crippen LogP contribution in [0.25, 0.3) is 0 Å². The topological polar surface area (TPSA) is 195 Å². The van der Waals surface area contributed by atoms with Crippen LogP contribution in [0.5, 0.6) is 0 Å². The number of unbranched alkanes of at least 4 members (excludes halogenated alkanes) is 1. The van der Waals surface area contributed by atoms with Gasteiger partial charge in [-0.1, -0.05) is 77.3 Å². The van der Waals surface area contributed by atoms with E-state index in [1.807, 2.05) is 51.1 Å². The lowest BCUT2D eigenvalue weighted by Gasteiger charge is -2.40. The monoisotopic (exact) mass is 694 g/mol. The number of aliphatic hydroxyl groups is 5. The van der Waals surface area contributed by atoms with Crippen molar-refractivity contribution >= 4 is 17.8 Å². The third-order valence-electron chi connectivity index (χ3n) is 10.2. The zero-order chi connectivity index (χ0) is 36.4. The molecule has 0 aliphatic carbocycles. The number of rotatable bonds is 13. The second kappa shape index (κ2) is 19.1. The Kier molecular flexibility index (Phi) is 15.9. The molecule has 2 aliphatic rings. The van der Waals surface area contributed by atoms with Crippen LogP contribution in [0.3, 0.4) is 0 Å². The Bertz CT molecular complexity index is 1190. The lowest BCUT2D eigenvalue weighted by Crippen LogP contribution is -2.59. The molecule has 2 fully saturated rings. The fraction of sp³-hybridized carbons (Fsp3) is 0.750. The number of cyclic esters (lactones) is 1. The SMILES string of the molecule is CCC(C)C1C(=O)OC(C(C)CCCCC(C)OC2OC(CO)C(O)C(O)C2O)CC(O)C(C)C(=O)NC(Cc2ccccc2)C(=O)N1C. The Balaban J connectivity index is 1.68. The fourth-order valence-electron chi connectivity index (χ4n) is 6.52. The largest absolute Gasteiger partial charge is 0.460 e. The number of carbonyl (C=O) groups excluding carboxylic acids is 3. The summed E-state index contributed by atoms with van der Waals surface area (Å²) < 4.78 is 17.3. The van der Waals surface area contributed by atoms with Crippen molar-refractivity contribution in [3.05, 3.63) is 35.9 Å². The smallest absolute Gasteiger partial charge is 0.329 e.